The highest BCUT2D eigenvalue weighted by Crippen LogP contribution is 2.32. The first-order chi connectivity index (χ1) is 16.9. The summed E-state index contributed by atoms with van der Waals surface area (Å²) in [5, 5.41) is 4.16. The molecule has 0 radical (unpaired) electrons. The topological polar surface area (TPSA) is 142 Å². The van der Waals surface area contributed by atoms with Crippen LogP contribution >= 0.6 is 0 Å². The van der Waals surface area contributed by atoms with Crippen LogP contribution in [0.15, 0.2) is 34.0 Å². The van der Waals surface area contributed by atoms with Gasteiger partial charge in [-0.1, -0.05) is 27.7 Å². The normalized spacial score (nSPS) is 11.8. The molecule has 12 heteroatoms. The van der Waals surface area contributed by atoms with Gasteiger partial charge in [-0.15, -0.1) is 0 Å². The third-order valence-electron chi connectivity index (χ3n) is 5.77. The van der Waals surface area contributed by atoms with E-state index in [0.717, 1.165) is 10.1 Å². The van der Waals surface area contributed by atoms with Crippen LogP contribution in [0.1, 0.15) is 69.7 Å². The minimum absolute atomic E-state index is 0.00937. The molecule has 36 heavy (non-hydrogen) atoms. The first-order valence-corrected chi connectivity index (χ1v) is 13.5. The number of benzene rings is 1. The SMILES string of the molecule is CCCC(=O)CS(=O)(=O)Nn1c(=O)c2cc(-c3ccnn3C)c(C(C)C)cc2n(C(=O)CCC)c1=O. The molecule has 3 rings (SSSR count). The minimum Gasteiger partial charge on any atom is -0.298 e. The summed E-state index contributed by atoms with van der Waals surface area (Å²) in [4.78, 5) is 53.7. The number of nitrogens with zero attached hydrogens (tertiary/aromatic N) is 4. The molecule has 0 aliphatic carbocycles. The number of carbonyl (C=O) groups excluding carboxylic acids is 2. The third-order valence-corrected chi connectivity index (χ3v) is 6.93. The molecule has 3 aromatic rings. The van der Waals surface area contributed by atoms with E-state index in [1.807, 2.05) is 18.7 Å². The van der Waals surface area contributed by atoms with Gasteiger partial charge in [-0.25, -0.2) is 22.6 Å². The van der Waals surface area contributed by atoms with Crippen LogP contribution in [-0.2, 0) is 21.9 Å². The zero-order valence-electron chi connectivity index (χ0n) is 21.1. The van der Waals surface area contributed by atoms with E-state index in [1.165, 1.54) is 0 Å². The third kappa shape index (κ3) is 5.32. The maximum absolute atomic E-state index is 13.5. The number of hydrogen-bond acceptors (Lipinski definition) is 7. The molecule has 0 aliphatic heterocycles. The first kappa shape index (κ1) is 27.1. The number of nitrogens with one attached hydrogen (secondary N) is 1. The maximum Gasteiger partial charge on any atom is 0.358 e. The van der Waals surface area contributed by atoms with Crippen molar-refractivity contribution in [3.05, 3.63) is 50.8 Å². The lowest BCUT2D eigenvalue weighted by molar-refractivity contribution is -0.116. The molecule has 1 N–H and O–H groups in total. The summed E-state index contributed by atoms with van der Waals surface area (Å²) in [6, 6.07) is 4.94. The standard InChI is InChI=1S/C24H31N5O6S/c1-6-8-16(30)14-36(34,35)26-29-23(32)19-12-18(20-10-11-25-27(20)5)17(15(3)4)13-21(19)28(24(29)33)22(31)9-7-2/h10-13,15,26H,6-9,14H2,1-5H3. The molecule has 0 amide bonds. The zero-order chi connectivity index (χ0) is 26.8. The highest BCUT2D eigenvalue weighted by atomic mass is 32.2. The average molecular weight is 518 g/mol. The summed E-state index contributed by atoms with van der Waals surface area (Å²) in [7, 11) is -2.64. The summed E-state index contributed by atoms with van der Waals surface area (Å²) < 4.78 is 28.0. The van der Waals surface area contributed by atoms with Crippen molar-refractivity contribution < 1.29 is 18.0 Å². The van der Waals surface area contributed by atoms with Gasteiger partial charge in [0, 0.05) is 31.6 Å². The van der Waals surface area contributed by atoms with E-state index in [4.69, 9.17) is 0 Å². The number of aryl methyl sites for hydroxylation is 1. The summed E-state index contributed by atoms with van der Waals surface area (Å²) >= 11 is 0. The van der Waals surface area contributed by atoms with Gasteiger partial charge in [0.1, 0.15) is 11.5 Å². The van der Waals surface area contributed by atoms with Gasteiger partial charge in [-0.05, 0) is 42.5 Å². The van der Waals surface area contributed by atoms with Crippen LogP contribution in [0.2, 0.25) is 0 Å². The van der Waals surface area contributed by atoms with Crippen molar-refractivity contribution in [2.24, 2.45) is 7.05 Å². The Hall–Kier alpha value is -3.54. The number of ketones is 1. The van der Waals surface area contributed by atoms with Crippen molar-refractivity contribution in [2.75, 3.05) is 10.6 Å². The van der Waals surface area contributed by atoms with Gasteiger partial charge in [0.25, 0.3) is 15.6 Å². The molecule has 0 saturated carbocycles. The molecule has 0 unspecified atom stereocenters. The molecule has 194 valence electrons. The van der Waals surface area contributed by atoms with Gasteiger partial charge in [-0.3, -0.25) is 19.1 Å². The number of carbonyl (C=O) groups is 2. The van der Waals surface area contributed by atoms with Crippen molar-refractivity contribution in [2.45, 2.75) is 59.3 Å². The van der Waals surface area contributed by atoms with E-state index in [0.29, 0.717) is 28.8 Å². The summed E-state index contributed by atoms with van der Waals surface area (Å²) in [6.45, 7) is 7.39. The number of sulfonamides is 1. The number of rotatable bonds is 10. The van der Waals surface area contributed by atoms with Crippen molar-refractivity contribution in [1.29, 1.82) is 0 Å². The lowest BCUT2D eigenvalue weighted by atomic mass is 9.93. The largest absolute Gasteiger partial charge is 0.358 e. The van der Waals surface area contributed by atoms with E-state index in [2.05, 4.69) is 5.10 Å². The zero-order valence-corrected chi connectivity index (χ0v) is 21.9. The monoisotopic (exact) mass is 517 g/mol. The Labute approximate surface area is 208 Å². The number of aromatic nitrogens is 4. The Morgan fingerprint density at radius 1 is 1.08 bits per heavy atom. The van der Waals surface area contributed by atoms with Gasteiger partial charge in [0.15, 0.2) is 0 Å². The summed E-state index contributed by atoms with van der Waals surface area (Å²) in [5.74, 6) is -2.05. The van der Waals surface area contributed by atoms with Crippen LogP contribution in [0.4, 0.5) is 0 Å². The number of hydrogen-bond donors (Lipinski definition) is 1. The fourth-order valence-corrected chi connectivity index (χ4v) is 5.16. The Balaban J connectivity index is 2.37. The Morgan fingerprint density at radius 2 is 1.75 bits per heavy atom. The lowest BCUT2D eigenvalue weighted by Gasteiger charge is -2.18. The molecule has 0 saturated heterocycles. The van der Waals surface area contributed by atoms with Crippen LogP contribution in [-0.4, -0.2) is 44.9 Å². The number of fused-ring (bicyclic) bond motifs is 1. The van der Waals surface area contributed by atoms with E-state index >= 15 is 0 Å². The van der Waals surface area contributed by atoms with Crippen LogP contribution in [0, 0.1) is 0 Å². The van der Waals surface area contributed by atoms with Crippen LogP contribution in [0.5, 0.6) is 0 Å². The minimum atomic E-state index is -4.38. The predicted molar refractivity (Wildman–Crippen MR) is 137 cm³/mol. The predicted octanol–water partition coefficient (Wildman–Crippen LogP) is 2.37. The molecule has 0 aliphatic rings. The highest BCUT2D eigenvalue weighted by molar-refractivity contribution is 7.93. The number of Topliss-reactive ketones (excluding diaryl/α,β-unsaturated/α-hetero) is 1. The molecule has 0 fully saturated rings. The van der Waals surface area contributed by atoms with E-state index in [-0.39, 0.29) is 29.7 Å². The second kappa shape index (κ2) is 10.6. The molecule has 2 aromatic heterocycles. The molecule has 1 aromatic carbocycles. The van der Waals surface area contributed by atoms with E-state index < -0.39 is 38.7 Å². The average Bonchev–Trinajstić information content (AvgIpc) is 3.21. The molecular formula is C24H31N5O6S. The van der Waals surface area contributed by atoms with Crippen molar-refractivity contribution in [1.82, 2.24) is 19.0 Å². The lowest BCUT2D eigenvalue weighted by Crippen LogP contribution is -2.49. The fraction of sp³-hybridized carbons (Fsp3) is 0.458. The van der Waals surface area contributed by atoms with Crippen LogP contribution < -0.4 is 16.1 Å². The molecule has 0 bridgehead atoms. The molecule has 11 nitrogen and oxygen atoms in total. The van der Waals surface area contributed by atoms with Gasteiger partial charge in [0.05, 0.1) is 16.6 Å². The summed E-state index contributed by atoms with van der Waals surface area (Å²) in [5.41, 5.74) is 0.161. The highest BCUT2D eigenvalue weighted by Gasteiger charge is 2.25. The molecule has 0 atom stereocenters. The molecule has 0 spiro atoms. The van der Waals surface area contributed by atoms with Crippen molar-refractivity contribution in [3.63, 3.8) is 0 Å². The van der Waals surface area contributed by atoms with E-state index in [9.17, 15) is 27.6 Å². The Bertz CT molecular complexity index is 1550. The Morgan fingerprint density at radius 3 is 2.31 bits per heavy atom. The first-order valence-electron chi connectivity index (χ1n) is 11.8. The van der Waals surface area contributed by atoms with Gasteiger partial charge in [0.2, 0.25) is 5.91 Å². The second-order valence-corrected chi connectivity index (χ2v) is 10.7. The van der Waals surface area contributed by atoms with Crippen LogP contribution in [0.3, 0.4) is 0 Å². The molecule has 2 heterocycles. The second-order valence-electron chi connectivity index (χ2n) is 8.99. The Kier molecular flexibility index (Phi) is 7.97. The van der Waals surface area contributed by atoms with E-state index in [1.54, 1.807) is 50.0 Å². The summed E-state index contributed by atoms with van der Waals surface area (Å²) in [6.07, 6.45) is 2.55. The van der Waals surface area contributed by atoms with Crippen LogP contribution in [0.25, 0.3) is 22.2 Å². The van der Waals surface area contributed by atoms with Gasteiger partial charge < -0.3 is 0 Å². The van der Waals surface area contributed by atoms with Crippen molar-refractivity contribution in [3.8, 4) is 11.3 Å². The van der Waals surface area contributed by atoms with Gasteiger partial charge in [-0.2, -0.15) is 9.77 Å². The fourth-order valence-electron chi connectivity index (χ4n) is 4.09. The maximum atomic E-state index is 13.5. The van der Waals surface area contributed by atoms with Crippen molar-refractivity contribution >= 4 is 32.6 Å². The quantitative estimate of drug-likeness (QED) is 0.435. The molecular weight excluding hydrogens is 486 g/mol. The van der Waals surface area contributed by atoms with Gasteiger partial charge >= 0.3 is 5.69 Å². The smallest absolute Gasteiger partial charge is 0.298 e.